The summed E-state index contributed by atoms with van der Waals surface area (Å²) in [5, 5.41) is 11.0. The molecular formula is C21H22F2N4O3S. The second-order valence-electron chi connectivity index (χ2n) is 7.96. The largest absolute Gasteiger partial charge is 0.346 e. The summed E-state index contributed by atoms with van der Waals surface area (Å²) in [4.78, 5) is 14.3. The lowest BCUT2D eigenvalue weighted by Crippen LogP contribution is -2.62. The Morgan fingerprint density at radius 2 is 1.84 bits per heavy atom. The number of rotatable bonds is 3. The van der Waals surface area contributed by atoms with E-state index in [9.17, 15) is 22.0 Å². The van der Waals surface area contributed by atoms with Crippen molar-refractivity contribution >= 4 is 27.6 Å². The van der Waals surface area contributed by atoms with E-state index in [1.807, 2.05) is 0 Å². The van der Waals surface area contributed by atoms with Crippen LogP contribution in [-0.2, 0) is 20.4 Å². The van der Waals surface area contributed by atoms with Gasteiger partial charge in [0.15, 0.2) is 5.96 Å². The van der Waals surface area contributed by atoms with Gasteiger partial charge in [-0.15, -0.1) is 0 Å². The number of nitrogens with zero attached hydrogens (tertiary/aromatic N) is 2. The monoisotopic (exact) mass is 448 g/mol. The highest BCUT2D eigenvalue weighted by Gasteiger charge is 2.49. The van der Waals surface area contributed by atoms with Crippen molar-refractivity contribution in [2.24, 2.45) is 0 Å². The predicted octanol–water partition coefficient (Wildman–Crippen LogP) is 2.50. The van der Waals surface area contributed by atoms with Gasteiger partial charge in [-0.25, -0.2) is 17.2 Å². The number of carbonyl (C=O) groups excluding carboxylic acids is 1. The van der Waals surface area contributed by atoms with Crippen LogP contribution in [0, 0.1) is 17.0 Å². The third-order valence-corrected chi connectivity index (χ3v) is 7.84. The fraction of sp³-hybridized carbons (Fsp3) is 0.333. The quantitative estimate of drug-likeness (QED) is 0.755. The standard InChI is InChI=1S/C21H22F2N4O3S/c1-21(16-9-6-14(22)12-17(16)23)18(19(28)26(2)20(24)25-21)13-4-7-15(8-5-13)27-10-3-11-31(27,29)30/h4-9,12,18H,3,10-11H2,1-2H3,(H2,24,25). The molecule has 2 atom stereocenters. The van der Waals surface area contributed by atoms with E-state index in [1.54, 1.807) is 31.2 Å². The van der Waals surface area contributed by atoms with Gasteiger partial charge < -0.3 is 5.32 Å². The van der Waals surface area contributed by atoms with E-state index >= 15 is 0 Å². The smallest absolute Gasteiger partial charge is 0.239 e. The second kappa shape index (κ2) is 7.30. The van der Waals surface area contributed by atoms with Crippen LogP contribution in [0.15, 0.2) is 42.5 Å². The molecule has 4 rings (SSSR count). The van der Waals surface area contributed by atoms with Gasteiger partial charge in [0.1, 0.15) is 11.6 Å². The molecule has 0 spiro atoms. The van der Waals surface area contributed by atoms with Crippen LogP contribution in [0.4, 0.5) is 14.5 Å². The molecule has 0 aromatic heterocycles. The summed E-state index contributed by atoms with van der Waals surface area (Å²) in [6.07, 6.45) is 0.546. The topological polar surface area (TPSA) is 93.6 Å². The summed E-state index contributed by atoms with van der Waals surface area (Å²) in [5.41, 5.74) is -0.298. The molecule has 164 valence electrons. The fourth-order valence-electron chi connectivity index (χ4n) is 4.32. The molecule has 2 aliphatic heterocycles. The molecule has 31 heavy (non-hydrogen) atoms. The van der Waals surface area contributed by atoms with Gasteiger partial charge in [-0.1, -0.05) is 18.2 Å². The normalized spacial score (nSPS) is 25.6. The number of benzene rings is 2. The number of hydrogen-bond donors (Lipinski definition) is 2. The molecule has 2 heterocycles. The van der Waals surface area contributed by atoms with Crippen LogP contribution >= 0.6 is 0 Å². The van der Waals surface area contributed by atoms with Crippen molar-refractivity contribution < 1.29 is 22.0 Å². The summed E-state index contributed by atoms with van der Waals surface area (Å²) < 4.78 is 53.9. The van der Waals surface area contributed by atoms with Crippen LogP contribution < -0.4 is 9.62 Å². The maximum Gasteiger partial charge on any atom is 0.239 e. The van der Waals surface area contributed by atoms with E-state index < -0.39 is 39.0 Å². The minimum atomic E-state index is -3.35. The van der Waals surface area contributed by atoms with Gasteiger partial charge >= 0.3 is 0 Å². The van der Waals surface area contributed by atoms with Crippen molar-refractivity contribution in [3.05, 3.63) is 65.2 Å². The molecule has 2 aliphatic rings. The van der Waals surface area contributed by atoms with E-state index in [-0.39, 0.29) is 17.3 Å². The Bertz CT molecular complexity index is 1170. The summed E-state index contributed by atoms with van der Waals surface area (Å²) >= 11 is 0. The molecule has 2 N–H and O–H groups in total. The minimum absolute atomic E-state index is 0.0521. The summed E-state index contributed by atoms with van der Waals surface area (Å²) in [6, 6.07) is 9.62. The number of amides is 1. The van der Waals surface area contributed by atoms with Crippen molar-refractivity contribution in [3.8, 4) is 0 Å². The van der Waals surface area contributed by atoms with E-state index in [0.717, 1.165) is 17.0 Å². The molecule has 1 amide bonds. The number of carbonyl (C=O) groups is 1. The van der Waals surface area contributed by atoms with Crippen LogP contribution in [0.2, 0.25) is 0 Å². The van der Waals surface area contributed by atoms with Gasteiger partial charge in [-0.05, 0) is 37.1 Å². The maximum atomic E-state index is 14.7. The highest BCUT2D eigenvalue weighted by atomic mass is 32.2. The highest BCUT2D eigenvalue weighted by Crippen LogP contribution is 2.42. The first-order valence-corrected chi connectivity index (χ1v) is 11.4. The molecule has 2 aromatic rings. The zero-order chi connectivity index (χ0) is 22.6. The number of sulfonamides is 1. The first-order chi connectivity index (χ1) is 14.5. The summed E-state index contributed by atoms with van der Waals surface area (Å²) in [5.74, 6) is -3.05. The Labute approximate surface area is 179 Å². The van der Waals surface area contributed by atoms with Crippen molar-refractivity contribution in [1.82, 2.24) is 10.2 Å². The first-order valence-electron chi connectivity index (χ1n) is 9.75. The van der Waals surface area contributed by atoms with Crippen LogP contribution in [0.5, 0.6) is 0 Å². The predicted molar refractivity (Wildman–Crippen MR) is 112 cm³/mol. The highest BCUT2D eigenvalue weighted by molar-refractivity contribution is 7.93. The molecule has 7 nitrogen and oxygen atoms in total. The molecule has 2 fully saturated rings. The van der Waals surface area contributed by atoms with Crippen molar-refractivity contribution in [1.29, 1.82) is 5.41 Å². The van der Waals surface area contributed by atoms with Crippen LogP contribution in [0.3, 0.4) is 0 Å². The molecule has 0 saturated carbocycles. The number of likely N-dealkylation sites (N-methyl/N-ethyl adjacent to an activating group) is 1. The fourth-order valence-corrected chi connectivity index (χ4v) is 5.89. The molecule has 10 heteroatoms. The van der Waals surface area contributed by atoms with Gasteiger partial charge in [0.25, 0.3) is 0 Å². The number of nitrogens with one attached hydrogen (secondary N) is 2. The second-order valence-corrected chi connectivity index (χ2v) is 9.98. The van der Waals surface area contributed by atoms with Crippen LogP contribution in [-0.4, -0.2) is 44.5 Å². The van der Waals surface area contributed by atoms with Crippen molar-refractivity contribution in [2.45, 2.75) is 24.8 Å². The van der Waals surface area contributed by atoms with Gasteiger partial charge in [-0.2, -0.15) is 0 Å². The summed E-state index contributed by atoms with van der Waals surface area (Å²) in [6.45, 7) is 1.98. The van der Waals surface area contributed by atoms with E-state index in [4.69, 9.17) is 5.41 Å². The molecular weight excluding hydrogens is 426 g/mol. The Balaban J connectivity index is 1.79. The average molecular weight is 448 g/mol. The minimum Gasteiger partial charge on any atom is -0.346 e. The van der Waals surface area contributed by atoms with E-state index in [0.29, 0.717) is 24.2 Å². The number of halogens is 2. The lowest BCUT2D eigenvalue weighted by atomic mass is 9.73. The first kappa shape index (κ1) is 21.2. The maximum absolute atomic E-state index is 14.7. The van der Waals surface area contributed by atoms with Gasteiger partial charge in [-0.3, -0.25) is 19.4 Å². The zero-order valence-corrected chi connectivity index (χ0v) is 17.8. The molecule has 0 radical (unpaired) electrons. The average Bonchev–Trinajstić information content (AvgIpc) is 3.05. The van der Waals surface area contributed by atoms with Crippen LogP contribution in [0.1, 0.15) is 30.4 Å². The molecule has 0 bridgehead atoms. The third kappa shape index (κ3) is 3.44. The SMILES string of the molecule is CN1C(=N)NC(C)(c2ccc(F)cc2F)C(c2ccc(N3CCCS3(=O)=O)cc2)C1=O. The lowest BCUT2D eigenvalue weighted by Gasteiger charge is -2.46. The van der Waals surface area contributed by atoms with Crippen molar-refractivity contribution in [3.63, 3.8) is 0 Å². The molecule has 2 aromatic carbocycles. The lowest BCUT2D eigenvalue weighted by molar-refractivity contribution is -0.131. The summed E-state index contributed by atoms with van der Waals surface area (Å²) in [7, 11) is -1.91. The molecule has 2 saturated heterocycles. The Morgan fingerprint density at radius 1 is 1.16 bits per heavy atom. The van der Waals surface area contributed by atoms with Gasteiger partial charge in [0, 0.05) is 25.2 Å². The van der Waals surface area contributed by atoms with Crippen molar-refractivity contribution in [2.75, 3.05) is 23.7 Å². The van der Waals surface area contributed by atoms with E-state index in [2.05, 4.69) is 5.32 Å². The van der Waals surface area contributed by atoms with Gasteiger partial charge in [0.2, 0.25) is 15.9 Å². The number of hydrogen-bond acceptors (Lipinski definition) is 4. The Hall–Kier alpha value is -3.01. The third-order valence-electron chi connectivity index (χ3n) is 5.97. The number of guanidine groups is 1. The van der Waals surface area contributed by atoms with E-state index in [1.165, 1.54) is 17.4 Å². The zero-order valence-electron chi connectivity index (χ0n) is 17.0. The molecule has 2 unspecified atom stereocenters. The van der Waals surface area contributed by atoms with Crippen LogP contribution in [0.25, 0.3) is 0 Å². The Kier molecular flexibility index (Phi) is 5.00. The number of anilines is 1. The van der Waals surface area contributed by atoms with Gasteiger partial charge in [0.05, 0.1) is 22.9 Å². The molecule has 0 aliphatic carbocycles. The Morgan fingerprint density at radius 3 is 2.42 bits per heavy atom.